The van der Waals surface area contributed by atoms with Crippen molar-refractivity contribution in [3.8, 4) is 0 Å². The SMILES string of the molecule is CNCCCC(=O)NCC1(c2cccc(C)c2)CCCCC1.Cl. The van der Waals surface area contributed by atoms with Crippen molar-refractivity contribution in [3.05, 3.63) is 35.4 Å². The lowest BCUT2D eigenvalue weighted by molar-refractivity contribution is -0.121. The van der Waals surface area contributed by atoms with Gasteiger partial charge in [0.1, 0.15) is 0 Å². The van der Waals surface area contributed by atoms with Gasteiger partial charge in [-0.3, -0.25) is 4.79 Å². The van der Waals surface area contributed by atoms with Crippen LogP contribution in [0.5, 0.6) is 0 Å². The van der Waals surface area contributed by atoms with Gasteiger partial charge < -0.3 is 10.6 Å². The van der Waals surface area contributed by atoms with E-state index in [0.29, 0.717) is 6.42 Å². The number of carbonyl (C=O) groups is 1. The molecule has 0 aliphatic heterocycles. The van der Waals surface area contributed by atoms with Crippen LogP contribution in [-0.4, -0.2) is 26.0 Å². The molecule has 0 unspecified atom stereocenters. The largest absolute Gasteiger partial charge is 0.355 e. The number of hydrogen-bond donors (Lipinski definition) is 2. The summed E-state index contributed by atoms with van der Waals surface area (Å²) in [7, 11) is 1.92. The Morgan fingerprint density at radius 2 is 1.96 bits per heavy atom. The van der Waals surface area contributed by atoms with Crippen LogP contribution in [0.1, 0.15) is 56.1 Å². The van der Waals surface area contributed by atoms with Crippen molar-refractivity contribution < 1.29 is 4.79 Å². The quantitative estimate of drug-likeness (QED) is 0.744. The van der Waals surface area contributed by atoms with Gasteiger partial charge in [-0.15, -0.1) is 12.4 Å². The first-order valence-electron chi connectivity index (χ1n) is 8.65. The van der Waals surface area contributed by atoms with E-state index >= 15 is 0 Å². The van der Waals surface area contributed by atoms with Crippen LogP contribution in [0.2, 0.25) is 0 Å². The van der Waals surface area contributed by atoms with Gasteiger partial charge in [-0.1, -0.05) is 49.1 Å². The highest BCUT2D eigenvalue weighted by atomic mass is 35.5. The molecule has 1 amide bonds. The Labute approximate surface area is 147 Å². The second kappa shape index (κ2) is 9.94. The van der Waals surface area contributed by atoms with E-state index in [1.54, 1.807) is 0 Å². The second-order valence-electron chi connectivity index (χ2n) is 6.69. The summed E-state index contributed by atoms with van der Waals surface area (Å²) in [6, 6.07) is 8.84. The molecule has 0 bridgehead atoms. The smallest absolute Gasteiger partial charge is 0.220 e. The zero-order chi connectivity index (χ0) is 15.8. The number of benzene rings is 1. The maximum Gasteiger partial charge on any atom is 0.220 e. The fourth-order valence-corrected chi connectivity index (χ4v) is 3.55. The molecular weight excluding hydrogens is 308 g/mol. The Bertz CT molecular complexity index is 484. The number of carbonyl (C=O) groups excluding carboxylic acids is 1. The molecule has 0 aromatic heterocycles. The fourth-order valence-electron chi connectivity index (χ4n) is 3.55. The summed E-state index contributed by atoms with van der Waals surface area (Å²) in [6.45, 7) is 3.83. The molecular formula is C19H31ClN2O. The van der Waals surface area contributed by atoms with E-state index in [-0.39, 0.29) is 23.7 Å². The monoisotopic (exact) mass is 338 g/mol. The molecule has 0 atom stereocenters. The molecule has 1 aromatic rings. The highest BCUT2D eigenvalue weighted by Gasteiger charge is 2.34. The van der Waals surface area contributed by atoms with Gasteiger partial charge in [0.05, 0.1) is 0 Å². The number of nitrogens with one attached hydrogen (secondary N) is 2. The van der Waals surface area contributed by atoms with E-state index < -0.39 is 0 Å². The topological polar surface area (TPSA) is 41.1 Å². The molecule has 1 saturated carbocycles. The lowest BCUT2D eigenvalue weighted by Gasteiger charge is -2.38. The van der Waals surface area contributed by atoms with Crippen molar-refractivity contribution in [2.24, 2.45) is 0 Å². The van der Waals surface area contributed by atoms with Crippen LogP contribution in [0.3, 0.4) is 0 Å². The first-order valence-corrected chi connectivity index (χ1v) is 8.65. The van der Waals surface area contributed by atoms with E-state index in [2.05, 4.69) is 41.8 Å². The predicted molar refractivity (Wildman–Crippen MR) is 99.4 cm³/mol. The molecule has 2 rings (SSSR count). The molecule has 2 N–H and O–H groups in total. The fraction of sp³-hybridized carbons (Fsp3) is 0.632. The molecule has 23 heavy (non-hydrogen) atoms. The number of halogens is 1. The van der Waals surface area contributed by atoms with Crippen LogP contribution in [-0.2, 0) is 10.2 Å². The zero-order valence-electron chi connectivity index (χ0n) is 14.5. The van der Waals surface area contributed by atoms with E-state index in [4.69, 9.17) is 0 Å². The average Bonchev–Trinajstić information content (AvgIpc) is 2.54. The standard InChI is InChI=1S/C19H30N2O.ClH/c1-16-8-6-9-17(14-16)19(11-4-3-5-12-19)15-21-18(22)10-7-13-20-2;/h6,8-9,14,20H,3-5,7,10-13,15H2,1-2H3,(H,21,22);1H. The summed E-state index contributed by atoms with van der Waals surface area (Å²) in [5, 5.41) is 6.29. The summed E-state index contributed by atoms with van der Waals surface area (Å²) in [6.07, 6.45) is 7.75. The van der Waals surface area contributed by atoms with Gasteiger partial charge in [0.2, 0.25) is 5.91 Å². The minimum absolute atomic E-state index is 0. The van der Waals surface area contributed by atoms with Crippen molar-refractivity contribution in [2.75, 3.05) is 20.1 Å². The zero-order valence-corrected chi connectivity index (χ0v) is 15.3. The van der Waals surface area contributed by atoms with Gasteiger partial charge in [0, 0.05) is 18.4 Å². The van der Waals surface area contributed by atoms with Gasteiger partial charge in [0.15, 0.2) is 0 Å². The normalized spacial score (nSPS) is 16.4. The van der Waals surface area contributed by atoms with Crippen molar-refractivity contribution in [1.29, 1.82) is 0 Å². The van der Waals surface area contributed by atoms with E-state index in [0.717, 1.165) is 19.5 Å². The minimum Gasteiger partial charge on any atom is -0.355 e. The third-order valence-electron chi connectivity index (χ3n) is 4.90. The first-order chi connectivity index (χ1) is 10.7. The van der Waals surface area contributed by atoms with Crippen LogP contribution in [0.25, 0.3) is 0 Å². The van der Waals surface area contributed by atoms with E-state index in [1.807, 2.05) is 7.05 Å². The Balaban J connectivity index is 0.00000264. The average molecular weight is 339 g/mol. The maximum atomic E-state index is 12.1. The third-order valence-corrected chi connectivity index (χ3v) is 4.90. The number of rotatable bonds is 7. The first kappa shape index (κ1) is 20.0. The molecule has 1 aliphatic rings. The summed E-state index contributed by atoms with van der Waals surface area (Å²) >= 11 is 0. The van der Waals surface area contributed by atoms with Crippen LogP contribution in [0, 0.1) is 6.92 Å². The molecule has 1 aromatic carbocycles. The molecule has 0 spiro atoms. The number of aryl methyl sites for hydroxylation is 1. The number of amides is 1. The van der Waals surface area contributed by atoms with Gasteiger partial charge >= 0.3 is 0 Å². The third kappa shape index (κ3) is 5.82. The van der Waals surface area contributed by atoms with Crippen LogP contribution >= 0.6 is 12.4 Å². The molecule has 0 saturated heterocycles. The maximum absolute atomic E-state index is 12.1. The minimum atomic E-state index is 0. The van der Waals surface area contributed by atoms with Crippen molar-refractivity contribution in [1.82, 2.24) is 10.6 Å². The molecule has 0 heterocycles. The lowest BCUT2D eigenvalue weighted by Crippen LogP contribution is -2.42. The molecule has 130 valence electrons. The highest BCUT2D eigenvalue weighted by molar-refractivity contribution is 5.85. The van der Waals surface area contributed by atoms with Crippen molar-refractivity contribution in [2.45, 2.75) is 57.3 Å². The molecule has 0 radical (unpaired) electrons. The summed E-state index contributed by atoms with van der Waals surface area (Å²) in [5.41, 5.74) is 2.86. The highest BCUT2D eigenvalue weighted by Crippen LogP contribution is 2.39. The molecule has 4 heteroatoms. The molecule has 1 aliphatic carbocycles. The van der Waals surface area contributed by atoms with Crippen LogP contribution in [0.4, 0.5) is 0 Å². The molecule has 1 fully saturated rings. The summed E-state index contributed by atoms with van der Waals surface area (Å²) in [4.78, 5) is 12.1. The number of hydrogen-bond acceptors (Lipinski definition) is 2. The molecule has 3 nitrogen and oxygen atoms in total. The van der Waals surface area contributed by atoms with Crippen molar-refractivity contribution in [3.63, 3.8) is 0 Å². The van der Waals surface area contributed by atoms with Crippen LogP contribution < -0.4 is 10.6 Å². The van der Waals surface area contributed by atoms with Gasteiger partial charge in [-0.25, -0.2) is 0 Å². The van der Waals surface area contributed by atoms with Gasteiger partial charge in [-0.2, -0.15) is 0 Å². The Morgan fingerprint density at radius 3 is 2.61 bits per heavy atom. The van der Waals surface area contributed by atoms with E-state index in [1.165, 1.54) is 43.2 Å². The predicted octanol–water partition coefficient (Wildman–Crippen LogP) is 3.73. The van der Waals surface area contributed by atoms with Crippen LogP contribution in [0.15, 0.2) is 24.3 Å². The van der Waals surface area contributed by atoms with Gasteiger partial charge in [-0.05, 0) is 45.3 Å². The lowest BCUT2D eigenvalue weighted by atomic mass is 9.69. The van der Waals surface area contributed by atoms with Crippen molar-refractivity contribution >= 4 is 18.3 Å². The second-order valence-corrected chi connectivity index (χ2v) is 6.69. The Morgan fingerprint density at radius 1 is 1.22 bits per heavy atom. The summed E-state index contributed by atoms with van der Waals surface area (Å²) < 4.78 is 0. The van der Waals surface area contributed by atoms with Gasteiger partial charge in [0.25, 0.3) is 0 Å². The Hall–Kier alpha value is -1.06. The Kier molecular flexibility index (Phi) is 8.64. The summed E-state index contributed by atoms with van der Waals surface area (Å²) in [5.74, 6) is 0.188. The van der Waals surface area contributed by atoms with E-state index in [9.17, 15) is 4.79 Å².